The molecule has 1 aliphatic rings. The molecule has 1 unspecified atom stereocenters. The Bertz CT molecular complexity index is 913. The van der Waals surface area contributed by atoms with E-state index in [0.29, 0.717) is 22.5 Å². The second kappa shape index (κ2) is 8.89. The van der Waals surface area contributed by atoms with Crippen LogP contribution in [0.1, 0.15) is 37.1 Å². The van der Waals surface area contributed by atoms with E-state index in [1.807, 2.05) is 54.8 Å². The molecule has 6 heteroatoms. The van der Waals surface area contributed by atoms with Crippen molar-refractivity contribution in [1.82, 2.24) is 5.32 Å². The van der Waals surface area contributed by atoms with Crippen molar-refractivity contribution in [2.24, 2.45) is 0 Å². The average molecular weight is 397 g/mol. The lowest BCUT2D eigenvalue weighted by atomic mass is 9.82. The van der Waals surface area contributed by atoms with Gasteiger partial charge in [-0.3, -0.25) is 0 Å². The maximum atomic E-state index is 13.0. The van der Waals surface area contributed by atoms with Crippen LogP contribution in [-0.4, -0.2) is 25.2 Å². The quantitative estimate of drug-likeness (QED) is 0.739. The standard InChI is InChI=1S/C22H23NO4S/c1-4-26-21(24)17-14(3)23-20(15-10-7-6-8-11-15)19(22(25)27-5-2)18(17)16-12-9-13-28-16/h6-13,18,23H,4-5H2,1-3H3. The number of benzene rings is 1. The number of allylic oxidation sites excluding steroid dienone is 1. The van der Waals surface area contributed by atoms with E-state index in [0.717, 1.165) is 10.4 Å². The summed E-state index contributed by atoms with van der Waals surface area (Å²) in [6.45, 7) is 5.87. The third kappa shape index (κ3) is 3.87. The smallest absolute Gasteiger partial charge is 0.337 e. The second-order valence-electron chi connectivity index (χ2n) is 6.21. The Balaban J connectivity index is 2.24. The molecule has 1 aromatic heterocycles. The highest BCUT2D eigenvalue weighted by Gasteiger charge is 2.39. The fraction of sp³-hybridized carbons (Fsp3) is 0.273. The molecule has 2 aromatic rings. The van der Waals surface area contributed by atoms with Crippen molar-refractivity contribution in [3.8, 4) is 0 Å². The van der Waals surface area contributed by atoms with Crippen LogP contribution in [0.4, 0.5) is 0 Å². The number of thiophene rings is 1. The highest BCUT2D eigenvalue weighted by Crippen LogP contribution is 2.43. The molecule has 5 nitrogen and oxygen atoms in total. The fourth-order valence-electron chi connectivity index (χ4n) is 3.31. The van der Waals surface area contributed by atoms with E-state index in [-0.39, 0.29) is 13.2 Å². The summed E-state index contributed by atoms with van der Waals surface area (Å²) in [4.78, 5) is 26.7. The first-order chi connectivity index (χ1) is 13.6. The molecule has 1 atom stereocenters. The third-order valence-corrected chi connectivity index (χ3v) is 5.38. The van der Waals surface area contributed by atoms with Crippen LogP contribution in [0.5, 0.6) is 0 Å². The van der Waals surface area contributed by atoms with E-state index in [4.69, 9.17) is 9.47 Å². The molecule has 28 heavy (non-hydrogen) atoms. The van der Waals surface area contributed by atoms with Gasteiger partial charge in [0.05, 0.1) is 36.0 Å². The van der Waals surface area contributed by atoms with Crippen molar-refractivity contribution < 1.29 is 19.1 Å². The molecule has 2 heterocycles. The molecular formula is C22H23NO4S. The van der Waals surface area contributed by atoms with Gasteiger partial charge in [-0.25, -0.2) is 9.59 Å². The molecule has 3 rings (SSSR count). The highest BCUT2D eigenvalue weighted by molar-refractivity contribution is 7.10. The maximum absolute atomic E-state index is 13.0. The van der Waals surface area contributed by atoms with Crippen LogP contribution in [0.25, 0.3) is 5.70 Å². The minimum absolute atomic E-state index is 0.249. The Hall–Kier alpha value is -2.86. The van der Waals surface area contributed by atoms with Crippen molar-refractivity contribution in [3.05, 3.63) is 75.1 Å². The molecule has 0 amide bonds. The zero-order valence-electron chi connectivity index (χ0n) is 16.2. The van der Waals surface area contributed by atoms with Gasteiger partial charge in [0.1, 0.15) is 0 Å². The van der Waals surface area contributed by atoms with Crippen LogP contribution in [-0.2, 0) is 19.1 Å². The van der Waals surface area contributed by atoms with E-state index in [2.05, 4.69) is 5.32 Å². The summed E-state index contributed by atoms with van der Waals surface area (Å²) >= 11 is 1.50. The van der Waals surface area contributed by atoms with E-state index >= 15 is 0 Å². The number of rotatable bonds is 6. The van der Waals surface area contributed by atoms with Gasteiger partial charge in [0.2, 0.25) is 0 Å². The summed E-state index contributed by atoms with van der Waals surface area (Å²) in [5, 5.41) is 5.20. The summed E-state index contributed by atoms with van der Waals surface area (Å²) < 4.78 is 10.7. The minimum atomic E-state index is -0.547. The molecule has 0 saturated heterocycles. The van der Waals surface area contributed by atoms with Gasteiger partial charge in [-0.05, 0) is 37.8 Å². The number of dihydropyridines is 1. The molecule has 1 aromatic carbocycles. The lowest BCUT2D eigenvalue weighted by molar-refractivity contribution is -0.139. The zero-order chi connectivity index (χ0) is 20.1. The van der Waals surface area contributed by atoms with Gasteiger partial charge >= 0.3 is 11.9 Å². The van der Waals surface area contributed by atoms with Crippen molar-refractivity contribution in [2.75, 3.05) is 13.2 Å². The molecule has 0 aliphatic carbocycles. The molecule has 1 N–H and O–H groups in total. The van der Waals surface area contributed by atoms with Crippen LogP contribution < -0.4 is 5.32 Å². The third-order valence-electron chi connectivity index (χ3n) is 4.44. The number of carbonyl (C=O) groups excluding carboxylic acids is 2. The van der Waals surface area contributed by atoms with Crippen LogP contribution in [0.15, 0.2) is 64.7 Å². The van der Waals surface area contributed by atoms with Crippen LogP contribution in [0.2, 0.25) is 0 Å². The summed E-state index contributed by atoms with van der Waals surface area (Å²) in [5.74, 6) is -1.42. The van der Waals surface area contributed by atoms with Gasteiger partial charge < -0.3 is 14.8 Å². The maximum Gasteiger partial charge on any atom is 0.337 e. The van der Waals surface area contributed by atoms with E-state index < -0.39 is 17.9 Å². The van der Waals surface area contributed by atoms with E-state index in [9.17, 15) is 9.59 Å². The highest BCUT2D eigenvalue weighted by atomic mass is 32.1. The van der Waals surface area contributed by atoms with Crippen molar-refractivity contribution in [3.63, 3.8) is 0 Å². The minimum Gasteiger partial charge on any atom is -0.463 e. The molecule has 0 saturated carbocycles. The predicted octanol–water partition coefficient (Wildman–Crippen LogP) is 4.25. The van der Waals surface area contributed by atoms with Crippen LogP contribution in [0.3, 0.4) is 0 Å². The van der Waals surface area contributed by atoms with Crippen molar-refractivity contribution >= 4 is 29.0 Å². The lowest BCUT2D eigenvalue weighted by Crippen LogP contribution is -2.32. The Kier molecular flexibility index (Phi) is 6.31. The molecular weight excluding hydrogens is 374 g/mol. The van der Waals surface area contributed by atoms with Gasteiger partial charge in [0, 0.05) is 10.6 Å². The first-order valence-electron chi connectivity index (χ1n) is 9.23. The Labute approximate surface area is 168 Å². The van der Waals surface area contributed by atoms with Crippen molar-refractivity contribution in [1.29, 1.82) is 0 Å². The first kappa shape index (κ1) is 19.9. The molecule has 0 radical (unpaired) electrons. The number of carbonyl (C=O) groups is 2. The summed E-state index contributed by atoms with van der Waals surface area (Å²) in [5.41, 5.74) is 3.04. The summed E-state index contributed by atoms with van der Waals surface area (Å²) in [6.07, 6.45) is 0. The molecule has 1 aliphatic heterocycles. The Morgan fingerprint density at radius 3 is 2.18 bits per heavy atom. The topological polar surface area (TPSA) is 64.6 Å². The Morgan fingerprint density at radius 1 is 0.964 bits per heavy atom. The zero-order valence-corrected chi connectivity index (χ0v) is 17.0. The van der Waals surface area contributed by atoms with Gasteiger partial charge in [-0.15, -0.1) is 11.3 Å². The average Bonchev–Trinajstić information content (AvgIpc) is 3.22. The monoisotopic (exact) mass is 397 g/mol. The lowest BCUT2D eigenvalue weighted by Gasteiger charge is -2.31. The van der Waals surface area contributed by atoms with Crippen LogP contribution >= 0.6 is 11.3 Å². The van der Waals surface area contributed by atoms with Gasteiger partial charge in [0.15, 0.2) is 0 Å². The first-order valence-corrected chi connectivity index (χ1v) is 10.1. The number of nitrogens with one attached hydrogen (secondary N) is 1. The van der Waals surface area contributed by atoms with E-state index in [1.54, 1.807) is 13.8 Å². The van der Waals surface area contributed by atoms with E-state index in [1.165, 1.54) is 11.3 Å². The second-order valence-corrected chi connectivity index (χ2v) is 7.19. The normalized spacial score (nSPS) is 16.6. The number of hydrogen-bond acceptors (Lipinski definition) is 6. The molecule has 0 bridgehead atoms. The fourth-order valence-corrected chi connectivity index (χ4v) is 4.15. The molecule has 0 fully saturated rings. The SMILES string of the molecule is CCOC(=O)C1=C(C)NC(c2ccccc2)=C(C(=O)OCC)C1c1cccs1. The number of esters is 2. The summed E-state index contributed by atoms with van der Waals surface area (Å²) in [7, 11) is 0. The van der Waals surface area contributed by atoms with Gasteiger partial charge in [-0.1, -0.05) is 36.4 Å². The largest absolute Gasteiger partial charge is 0.463 e. The van der Waals surface area contributed by atoms with Crippen LogP contribution in [0, 0.1) is 0 Å². The molecule has 146 valence electrons. The van der Waals surface area contributed by atoms with Gasteiger partial charge in [-0.2, -0.15) is 0 Å². The number of ether oxygens (including phenoxy) is 2. The predicted molar refractivity (Wildman–Crippen MR) is 110 cm³/mol. The summed E-state index contributed by atoms with van der Waals surface area (Å²) in [6, 6.07) is 13.4. The van der Waals surface area contributed by atoms with Crippen molar-refractivity contribution in [2.45, 2.75) is 26.7 Å². The molecule has 0 spiro atoms. The van der Waals surface area contributed by atoms with Gasteiger partial charge in [0.25, 0.3) is 0 Å². The number of hydrogen-bond donors (Lipinski definition) is 1. The Morgan fingerprint density at radius 2 is 1.61 bits per heavy atom.